The first kappa shape index (κ1) is 15.9. The van der Waals surface area contributed by atoms with Crippen LogP contribution in [0.4, 0.5) is 4.79 Å². The summed E-state index contributed by atoms with van der Waals surface area (Å²) in [7, 11) is 0. The number of aromatic amines is 1. The van der Waals surface area contributed by atoms with Crippen LogP contribution in [0.5, 0.6) is 0 Å². The van der Waals surface area contributed by atoms with Crippen LogP contribution in [0, 0.1) is 0 Å². The number of hydrogen-bond acceptors (Lipinski definition) is 5. The van der Waals surface area contributed by atoms with E-state index in [2.05, 4.69) is 25.5 Å². The predicted octanol–water partition coefficient (Wildman–Crippen LogP) is 2.95. The average Bonchev–Trinajstić information content (AvgIpc) is 3.02. The van der Waals surface area contributed by atoms with E-state index in [-0.39, 0.29) is 6.61 Å². The molecule has 0 saturated heterocycles. The van der Waals surface area contributed by atoms with E-state index in [4.69, 9.17) is 16.3 Å². The molecule has 2 N–H and O–H groups in total. The van der Waals surface area contributed by atoms with E-state index in [1.54, 1.807) is 12.2 Å². The quantitative estimate of drug-likeness (QED) is 0.695. The summed E-state index contributed by atoms with van der Waals surface area (Å²) in [6.45, 7) is 0.536. The van der Waals surface area contributed by atoms with Gasteiger partial charge in [-0.25, -0.2) is 14.8 Å². The van der Waals surface area contributed by atoms with Crippen molar-refractivity contribution in [2.24, 2.45) is 0 Å². The standard InChI is InChI=1S/C16H14ClN5O2/c17-14-13-12(21-22-15(13)20-10-19-14)7-4-8-18-16(23)24-9-11-5-2-1-3-6-11/h1-7,10H,8-9H2,(H,18,23)(H,19,20,21,22). The second-order valence-electron chi connectivity index (χ2n) is 4.85. The van der Waals surface area contributed by atoms with Gasteiger partial charge in [0.25, 0.3) is 0 Å². The largest absolute Gasteiger partial charge is 0.445 e. The summed E-state index contributed by atoms with van der Waals surface area (Å²) >= 11 is 6.03. The fourth-order valence-corrected chi connectivity index (χ4v) is 2.28. The number of nitrogens with one attached hydrogen (secondary N) is 2. The van der Waals surface area contributed by atoms with Crippen LogP contribution in [0.15, 0.2) is 42.7 Å². The molecule has 3 rings (SSSR count). The van der Waals surface area contributed by atoms with Gasteiger partial charge in [-0.3, -0.25) is 5.10 Å². The lowest BCUT2D eigenvalue weighted by Crippen LogP contribution is -2.24. The van der Waals surface area contributed by atoms with Gasteiger partial charge in [-0.2, -0.15) is 5.10 Å². The molecular formula is C16H14ClN5O2. The topological polar surface area (TPSA) is 92.8 Å². The molecule has 0 spiro atoms. The summed E-state index contributed by atoms with van der Waals surface area (Å²) in [4.78, 5) is 19.5. The maximum Gasteiger partial charge on any atom is 0.407 e. The molecule has 0 fully saturated rings. The van der Waals surface area contributed by atoms with E-state index >= 15 is 0 Å². The highest BCUT2D eigenvalue weighted by Crippen LogP contribution is 2.21. The van der Waals surface area contributed by atoms with E-state index < -0.39 is 6.09 Å². The van der Waals surface area contributed by atoms with Crippen LogP contribution in [0.1, 0.15) is 11.3 Å². The first-order valence-corrected chi connectivity index (χ1v) is 7.57. The van der Waals surface area contributed by atoms with Crippen LogP contribution in [-0.2, 0) is 11.3 Å². The lowest BCUT2D eigenvalue weighted by atomic mass is 10.2. The fraction of sp³-hybridized carbons (Fsp3) is 0.125. The molecule has 7 nitrogen and oxygen atoms in total. The van der Waals surface area contributed by atoms with Crippen LogP contribution < -0.4 is 5.32 Å². The second kappa shape index (κ2) is 7.56. The number of carbonyl (C=O) groups is 1. The molecule has 0 aliphatic heterocycles. The van der Waals surface area contributed by atoms with Gasteiger partial charge >= 0.3 is 6.09 Å². The SMILES string of the molecule is O=C(NCC=Cc1[nH]nc2ncnc(Cl)c12)OCc1ccccc1. The van der Waals surface area contributed by atoms with Gasteiger partial charge in [0.2, 0.25) is 0 Å². The molecule has 0 saturated carbocycles. The van der Waals surface area contributed by atoms with Crippen molar-refractivity contribution >= 4 is 34.8 Å². The maximum atomic E-state index is 11.6. The third-order valence-electron chi connectivity index (χ3n) is 3.19. The van der Waals surface area contributed by atoms with Gasteiger partial charge in [0.15, 0.2) is 5.65 Å². The number of rotatable bonds is 5. The third-order valence-corrected chi connectivity index (χ3v) is 3.48. The van der Waals surface area contributed by atoms with Crippen molar-refractivity contribution in [3.05, 3.63) is 59.1 Å². The Bertz CT molecular complexity index is 863. The Hall–Kier alpha value is -2.93. The predicted molar refractivity (Wildman–Crippen MR) is 90.4 cm³/mol. The molecule has 2 heterocycles. The molecule has 8 heteroatoms. The number of fused-ring (bicyclic) bond motifs is 1. The van der Waals surface area contributed by atoms with E-state index in [0.29, 0.717) is 28.4 Å². The first-order valence-electron chi connectivity index (χ1n) is 7.19. The van der Waals surface area contributed by atoms with Crippen LogP contribution in [0.25, 0.3) is 17.1 Å². The number of H-pyrrole nitrogens is 1. The first-order chi connectivity index (χ1) is 11.7. The normalized spacial score (nSPS) is 11.0. The molecule has 0 aliphatic rings. The molecule has 1 aromatic carbocycles. The number of ether oxygens (including phenoxy) is 1. The molecule has 3 aromatic rings. The van der Waals surface area contributed by atoms with Crippen molar-refractivity contribution in [1.82, 2.24) is 25.5 Å². The van der Waals surface area contributed by atoms with Crippen molar-refractivity contribution in [2.45, 2.75) is 6.61 Å². The van der Waals surface area contributed by atoms with Crippen LogP contribution in [0.3, 0.4) is 0 Å². The van der Waals surface area contributed by atoms with Crippen molar-refractivity contribution in [1.29, 1.82) is 0 Å². The number of amides is 1. The second-order valence-corrected chi connectivity index (χ2v) is 5.20. The number of nitrogens with zero attached hydrogens (tertiary/aromatic N) is 3. The third kappa shape index (κ3) is 3.88. The average molecular weight is 344 g/mol. The molecule has 0 bridgehead atoms. The Morgan fingerprint density at radius 2 is 2.12 bits per heavy atom. The molecule has 0 atom stereocenters. The molecule has 122 valence electrons. The van der Waals surface area contributed by atoms with Gasteiger partial charge in [-0.15, -0.1) is 0 Å². The van der Waals surface area contributed by atoms with Crippen molar-refractivity contribution in [3.8, 4) is 0 Å². The lowest BCUT2D eigenvalue weighted by Gasteiger charge is -2.05. The minimum Gasteiger partial charge on any atom is -0.445 e. The monoisotopic (exact) mass is 343 g/mol. The van der Waals surface area contributed by atoms with Gasteiger partial charge in [-0.05, 0) is 11.6 Å². The van der Waals surface area contributed by atoms with E-state index in [0.717, 1.165) is 5.56 Å². The zero-order chi connectivity index (χ0) is 16.8. The minimum atomic E-state index is -0.487. The molecule has 24 heavy (non-hydrogen) atoms. The van der Waals surface area contributed by atoms with Crippen LogP contribution >= 0.6 is 11.6 Å². The number of hydrogen-bond donors (Lipinski definition) is 2. The molecule has 1 amide bonds. The van der Waals surface area contributed by atoms with E-state index in [1.807, 2.05) is 30.3 Å². The summed E-state index contributed by atoms with van der Waals surface area (Å²) in [6, 6.07) is 9.47. The number of aromatic nitrogens is 4. The molecule has 0 unspecified atom stereocenters. The summed E-state index contributed by atoms with van der Waals surface area (Å²) in [5, 5.41) is 10.4. The van der Waals surface area contributed by atoms with Gasteiger partial charge in [0.05, 0.1) is 11.1 Å². The van der Waals surface area contributed by atoms with Crippen molar-refractivity contribution in [3.63, 3.8) is 0 Å². The Kier molecular flexibility index (Phi) is 5.02. The Morgan fingerprint density at radius 3 is 2.96 bits per heavy atom. The van der Waals surface area contributed by atoms with E-state index in [9.17, 15) is 4.79 Å². The Morgan fingerprint density at radius 1 is 1.29 bits per heavy atom. The smallest absolute Gasteiger partial charge is 0.407 e. The van der Waals surface area contributed by atoms with Crippen LogP contribution in [-0.4, -0.2) is 32.8 Å². The van der Waals surface area contributed by atoms with E-state index in [1.165, 1.54) is 6.33 Å². The molecule has 0 aliphatic carbocycles. The molecular weight excluding hydrogens is 330 g/mol. The Balaban J connectivity index is 1.50. The molecule has 2 aromatic heterocycles. The minimum absolute atomic E-state index is 0.231. The lowest BCUT2D eigenvalue weighted by molar-refractivity contribution is 0.141. The maximum absolute atomic E-state index is 11.6. The summed E-state index contributed by atoms with van der Waals surface area (Å²) in [6.07, 6.45) is 4.37. The summed E-state index contributed by atoms with van der Waals surface area (Å²) in [5.41, 5.74) is 2.10. The highest BCUT2D eigenvalue weighted by Gasteiger charge is 2.08. The number of alkyl carbamates (subject to hydrolysis) is 1. The van der Waals surface area contributed by atoms with Crippen molar-refractivity contribution < 1.29 is 9.53 Å². The molecule has 0 radical (unpaired) electrons. The number of halogens is 1. The van der Waals surface area contributed by atoms with Crippen LogP contribution in [0.2, 0.25) is 5.15 Å². The van der Waals surface area contributed by atoms with Gasteiger partial charge in [-0.1, -0.05) is 48.0 Å². The van der Waals surface area contributed by atoms with Gasteiger partial charge in [0.1, 0.15) is 18.1 Å². The highest BCUT2D eigenvalue weighted by atomic mass is 35.5. The fourth-order valence-electron chi connectivity index (χ4n) is 2.05. The zero-order valence-corrected chi connectivity index (χ0v) is 13.3. The highest BCUT2D eigenvalue weighted by molar-refractivity contribution is 6.34. The summed E-state index contributed by atoms with van der Waals surface area (Å²) in [5.74, 6) is 0. The Labute approximate surface area is 142 Å². The number of carbonyl (C=O) groups excluding carboxylic acids is 1. The van der Waals surface area contributed by atoms with Gasteiger partial charge < -0.3 is 10.1 Å². The number of benzene rings is 1. The van der Waals surface area contributed by atoms with Crippen molar-refractivity contribution in [2.75, 3.05) is 6.54 Å². The summed E-state index contributed by atoms with van der Waals surface area (Å²) < 4.78 is 5.11. The van der Waals surface area contributed by atoms with Gasteiger partial charge in [0, 0.05) is 6.54 Å². The zero-order valence-electron chi connectivity index (χ0n) is 12.6.